The Kier molecular flexibility index (Phi) is 2.42. The first-order chi connectivity index (χ1) is 5.24. The molecule has 0 aliphatic rings. The Balaban J connectivity index is 2.99. The van der Waals surface area contributed by atoms with Gasteiger partial charge in [-0.15, -0.1) is 0 Å². The normalized spacial score (nSPS) is 11.7. The molecule has 0 amide bonds. The van der Waals surface area contributed by atoms with Crippen LogP contribution in [0, 0.1) is 5.82 Å². The van der Waals surface area contributed by atoms with Crippen LogP contribution in [0.1, 0.15) is 19.4 Å². The first-order valence-corrected chi connectivity index (χ1v) is 3.63. The SMILES string of the molecule is C/C=C(/C)c1ccc(F)cc1. The van der Waals surface area contributed by atoms with Crippen LogP contribution in [0.25, 0.3) is 5.57 Å². The highest BCUT2D eigenvalue weighted by molar-refractivity contribution is 5.62. The molecule has 11 heavy (non-hydrogen) atoms. The molecule has 0 saturated heterocycles. The standard InChI is InChI=1S/C10H11F/c1-3-8(2)9-4-6-10(11)7-5-9/h3-7H,1-2H3/b8-3-. The van der Waals surface area contributed by atoms with Gasteiger partial charge in [0.25, 0.3) is 0 Å². The first kappa shape index (κ1) is 7.99. The van der Waals surface area contributed by atoms with E-state index in [2.05, 4.69) is 0 Å². The van der Waals surface area contributed by atoms with E-state index in [1.165, 1.54) is 17.7 Å². The summed E-state index contributed by atoms with van der Waals surface area (Å²) in [6.07, 6.45) is 2.01. The van der Waals surface area contributed by atoms with E-state index in [0.29, 0.717) is 0 Å². The van der Waals surface area contributed by atoms with Crippen molar-refractivity contribution < 1.29 is 4.39 Å². The van der Waals surface area contributed by atoms with Gasteiger partial charge in [-0.2, -0.15) is 0 Å². The molecular formula is C10H11F. The van der Waals surface area contributed by atoms with Gasteiger partial charge < -0.3 is 0 Å². The van der Waals surface area contributed by atoms with Gasteiger partial charge in [0.2, 0.25) is 0 Å². The van der Waals surface area contributed by atoms with Crippen molar-refractivity contribution in [1.82, 2.24) is 0 Å². The van der Waals surface area contributed by atoms with Gasteiger partial charge in [-0.1, -0.05) is 18.2 Å². The van der Waals surface area contributed by atoms with Gasteiger partial charge in [-0.25, -0.2) is 4.39 Å². The average Bonchev–Trinajstić information content (AvgIpc) is 2.05. The third-order valence-electron chi connectivity index (χ3n) is 1.73. The van der Waals surface area contributed by atoms with Crippen LogP contribution in [0.5, 0.6) is 0 Å². The molecule has 0 aromatic heterocycles. The Morgan fingerprint density at radius 2 is 1.82 bits per heavy atom. The molecule has 1 rings (SSSR count). The zero-order chi connectivity index (χ0) is 8.27. The lowest BCUT2D eigenvalue weighted by molar-refractivity contribution is 0.627. The summed E-state index contributed by atoms with van der Waals surface area (Å²) in [5.41, 5.74) is 2.25. The van der Waals surface area contributed by atoms with E-state index in [4.69, 9.17) is 0 Å². The average molecular weight is 150 g/mol. The van der Waals surface area contributed by atoms with Gasteiger partial charge in [0, 0.05) is 0 Å². The molecule has 1 heteroatoms. The Morgan fingerprint density at radius 3 is 2.27 bits per heavy atom. The minimum absolute atomic E-state index is 0.183. The summed E-state index contributed by atoms with van der Waals surface area (Å²) in [5.74, 6) is -0.183. The molecule has 0 spiro atoms. The number of benzene rings is 1. The van der Waals surface area contributed by atoms with Crippen molar-refractivity contribution in [3.05, 3.63) is 41.7 Å². The Hall–Kier alpha value is -1.11. The van der Waals surface area contributed by atoms with E-state index in [0.717, 1.165) is 5.56 Å². The monoisotopic (exact) mass is 150 g/mol. The highest BCUT2D eigenvalue weighted by Crippen LogP contribution is 2.13. The molecule has 0 bridgehead atoms. The zero-order valence-corrected chi connectivity index (χ0v) is 6.76. The number of halogens is 1. The van der Waals surface area contributed by atoms with Crippen LogP contribution < -0.4 is 0 Å². The van der Waals surface area contributed by atoms with Crippen LogP contribution in [0.2, 0.25) is 0 Å². The second-order valence-corrected chi connectivity index (χ2v) is 2.48. The fraction of sp³-hybridized carbons (Fsp3) is 0.200. The number of rotatable bonds is 1. The van der Waals surface area contributed by atoms with Crippen LogP contribution in [0.4, 0.5) is 4.39 Å². The molecular weight excluding hydrogens is 139 g/mol. The van der Waals surface area contributed by atoms with Gasteiger partial charge >= 0.3 is 0 Å². The van der Waals surface area contributed by atoms with Crippen LogP contribution >= 0.6 is 0 Å². The summed E-state index contributed by atoms with van der Waals surface area (Å²) >= 11 is 0. The Morgan fingerprint density at radius 1 is 1.27 bits per heavy atom. The molecule has 1 aromatic carbocycles. The smallest absolute Gasteiger partial charge is 0.123 e. The molecule has 1 aromatic rings. The maximum atomic E-state index is 12.4. The van der Waals surface area contributed by atoms with Crippen molar-refractivity contribution in [2.75, 3.05) is 0 Å². The zero-order valence-electron chi connectivity index (χ0n) is 6.76. The molecule has 58 valence electrons. The molecule has 0 N–H and O–H groups in total. The molecule has 0 unspecified atom stereocenters. The van der Waals surface area contributed by atoms with Crippen molar-refractivity contribution in [2.45, 2.75) is 13.8 Å². The maximum Gasteiger partial charge on any atom is 0.123 e. The second-order valence-electron chi connectivity index (χ2n) is 2.48. The first-order valence-electron chi connectivity index (χ1n) is 3.63. The fourth-order valence-corrected chi connectivity index (χ4v) is 0.879. The van der Waals surface area contributed by atoms with Gasteiger partial charge in [0.15, 0.2) is 0 Å². The Labute approximate surface area is 66.4 Å². The maximum absolute atomic E-state index is 12.4. The lowest BCUT2D eigenvalue weighted by atomic mass is 10.1. The summed E-state index contributed by atoms with van der Waals surface area (Å²) in [6.45, 7) is 3.98. The lowest BCUT2D eigenvalue weighted by Gasteiger charge is -1.98. The number of hydrogen-bond acceptors (Lipinski definition) is 0. The quantitative estimate of drug-likeness (QED) is 0.576. The van der Waals surface area contributed by atoms with E-state index < -0.39 is 0 Å². The second kappa shape index (κ2) is 3.33. The predicted molar refractivity (Wildman–Crippen MR) is 45.7 cm³/mol. The van der Waals surface area contributed by atoms with Gasteiger partial charge in [0.1, 0.15) is 5.82 Å². The van der Waals surface area contributed by atoms with Crippen LogP contribution in [0.3, 0.4) is 0 Å². The highest BCUT2D eigenvalue weighted by Gasteiger charge is 1.93. The Bertz CT molecular complexity index is 257. The molecule has 0 nitrogen and oxygen atoms in total. The van der Waals surface area contributed by atoms with Gasteiger partial charge in [-0.3, -0.25) is 0 Å². The highest BCUT2D eigenvalue weighted by atomic mass is 19.1. The third kappa shape index (κ3) is 1.90. The largest absolute Gasteiger partial charge is 0.207 e. The summed E-state index contributed by atoms with van der Waals surface area (Å²) < 4.78 is 12.4. The lowest BCUT2D eigenvalue weighted by Crippen LogP contribution is -1.79. The van der Waals surface area contributed by atoms with Crippen molar-refractivity contribution >= 4 is 5.57 Å². The van der Waals surface area contributed by atoms with E-state index >= 15 is 0 Å². The third-order valence-corrected chi connectivity index (χ3v) is 1.73. The number of hydrogen-bond donors (Lipinski definition) is 0. The summed E-state index contributed by atoms with van der Waals surface area (Å²) in [6, 6.07) is 6.51. The minimum atomic E-state index is -0.183. The van der Waals surface area contributed by atoms with E-state index in [1.54, 1.807) is 12.1 Å². The minimum Gasteiger partial charge on any atom is -0.207 e. The summed E-state index contributed by atoms with van der Waals surface area (Å²) in [7, 11) is 0. The van der Waals surface area contributed by atoms with Crippen molar-refractivity contribution in [1.29, 1.82) is 0 Å². The van der Waals surface area contributed by atoms with Crippen molar-refractivity contribution in [3.63, 3.8) is 0 Å². The van der Waals surface area contributed by atoms with Gasteiger partial charge in [0.05, 0.1) is 0 Å². The molecule has 0 heterocycles. The molecule has 0 atom stereocenters. The number of allylic oxidation sites excluding steroid dienone is 2. The van der Waals surface area contributed by atoms with E-state index in [1.807, 2.05) is 19.9 Å². The topological polar surface area (TPSA) is 0 Å². The molecule has 0 saturated carbocycles. The molecule has 0 radical (unpaired) electrons. The molecule has 0 aliphatic heterocycles. The van der Waals surface area contributed by atoms with Crippen molar-refractivity contribution in [2.24, 2.45) is 0 Å². The van der Waals surface area contributed by atoms with Crippen molar-refractivity contribution in [3.8, 4) is 0 Å². The summed E-state index contributed by atoms with van der Waals surface area (Å²) in [4.78, 5) is 0. The van der Waals surface area contributed by atoms with Crippen LogP contribution in [-0.2, 0) is 0 Å². The van der Waals surface area contributed by atoms with E-state index in [-0.39, 0.29) is 5.82 Å². The predicted octanol–water partition coefficient (Wildman–Crippen LogP) is 3.25. The van der Waals surface area contributed by atoms with E-state index in [9.17, 15) is 4.39 Å². The molecule has 0 fully saturated rings. The van der Waals surface area contributed by atoms with Crippen LogP contribution in [-0.4, -0.2) is 0 Å². The van der Waals surface area contributed by atoms with Gasteiger partial charge in [-0.05, 0) is 37.1 Å². The van der Waals surface area contributed by atoms with Crippen LogP contribution in [0.15, 0.2) is 30.3 Å². The molecule has 0 aliphatic carbocycles. The fourth-order valence-electron chi connectivity index (χ4n) is 0.879. The summed E-state index contributed by atoms with van der Waals surface area (Å²) in [5, 5.41) is 0.